The van der Waals surface area contributed by atoms with E-state index in [9.17, 15) is 9.50 Å². The maximum Gasteiger partial charge on any atom is 0.128 e. The zero-order valence-electron chi connectivity index (χ0n) is 11.5. The molecule has 19 heavy (non-hydrogen) atoms. The van der Waals surface area contributed by atoms with Crippen LogP contribution in [0.2, 0.25) is 0 Å². The fraction of sp³-hybridized carbons (Fsp3) is 0.600. The summed E-state index contributed by atoms with van der Waals surface area (Å²) in [5.41, 5.74) is 6.36. The molecule has 1 saturated carbocycles. The Morgan fingerprint density at radius 3 is 2.63 bits per heavy atom. The smallest absolute Gasteiger partial charge is 0.128 e. The fourth-order valence-electron chi connectivity index (χ4n) is 2.89. The van der Waals surface area contributed by atoms with Crippen LogP contribution in [-0.2, 0) is 13.1 Å². The van der Waals surface area contributed by atoms with Crippen LogP contribution in [0.4, 0.5) is 4.39 Å². The quantitative estimate of drug-likeness (QED) is 0.857. The summed E-state index contributed by atoms with van der Waals surface area (Å²) in [5.74, 6) is -0.215. The van der Waals surface area contributed by atoms with Gasteiger partial charge in [-0.15, -0.1) is 0 Å². The van der Waals surface area contributed by atoms with Crippen LogP contribution in [0, 0.1) is 5.82 Å². The molecule has 3 nitrogen and oxygen atoms in total. The Bertz CT molecular complexity index is 430. The summed E-state index contributed by atoms with van der Waals surface area (Å²) in [6.07, 6.45) is 3.88. The molecule has 1 aromatic carbocycles. The molecule has 0 spiro atoms. The first-order chi connectivity index (χ1) is 9.02. The van der Waals surface area contributed by atoms with Crippen molar-refractivity contribution in [3.05, 3.63) is 35.1 Å². The Hall–Kier alpha value is -0.970. The first kappa shape index (κ1) is 14.4. The van der Waals surface area contributed by atoms with Crippen LogP contribution in [0.1, 0.15) is 36.8 Å². The Morgan fingerprint density at radius 1 is 1.37 bits per heavy atom. The van der Waals surface area contributed by atoms with E-state index in [0.717, 1.165) is 31.2 Å². The summed E-state index contributed by atoms with van der Waals surface area (Å²) in [4.78, 5) is 1.99. The van der Waals surface area contributed by atoms with Gasteiger partial charge in [0.2, 0.25) is 0 Å². The van der Waals surface area contributed by atoms with Gasteiger partial charge in [0.05, 0.1) is 5.60 Å². The minimum absolute atomic E-state index is 0.215. The minimum atomic E-state index is -0.581. The summed E-state index contributed by atoms with van der Waals surface area (Å²) in [6.45, 7) is 1.47. The molecule has 0 aromatic heterocycles. The Morgan fingerprint density at radius 2 is 2.05 bits per heavy atom. The Kier molecular flexibility index (Phi) is 4.55. The number of likely N-dealkylation sites (N-methyl/N-ethyl adjacent to an activating group) is 1. The van der Waals surface area contributed by atoms with Gasteiger partial charge >= 0.3 is 0 Å². The highest BCUT2D eigenvalue weighted by atomic mass is 19.1. The average molecular weight is 266 g/mol. The van der Waals surface area contributed by atoms with Crippen LogP contribution in [0.25, 0.3) is 0 Å². The monoisotopic (exact) mass is 266 g/mol. The standard InChI is InChI=1S/C15H23FN2O/c1-18(11-15(19)6-2-3-7-15)10-13-5-4-12(9-17)8-14(13)16/h4-5,8,19H,2-3,6-7,9-11,17H2,1H3. The van der Waals surface area contributed by atoms with Crippen LogP contribution in [-0.4, -0.2) is 29.2 Å². The lowest BCUT2D eigenvalue weighted by molar-refractivity contribution is 0.0143. The van der Waals surface area contributed by atoms with Crippen molar-refractivity contribution in [1.29, 1.82) is 0 Å². The van der Waals surface area contributed by atoms with Crippen LogP contribution in [0.5, 0.6) is 0 Å². The highest BCUT2D eigenvalue weighted by molar-refractivity contribution is 5.24. The minimum Gasteiger partial charge on any atom is -0.389 e. The van der Waals surface area contributed by atoms with Crippen molar-refractivity contribution in [2.45, 2.75) is 44.4 Å². The summed E-state index contributed by atoms with van der Waals surface area (Å²) in [5, 5.41) is 10.3. The lowest BCUT2D eigenvalue weighted by Gasteiger charge is -2.28. The summed E-state index contributed by atoms with van der Waals surface area (Å²) < 4.78 is 13.9. The van der Waals surface area contributed by atoms with E-state index in [-0.39, 0.29) is 5.82 Å². The molecule has 0 amide bonds. The average Bonchev–Trinajstić information content (AvgIpc) is 2.78. The number of nitrogens with zero attached hydrogens (tertiary/aromatic N) is 1. The van der Waals surface area contributed by atoms with E-state index in [1.54, 1.807) is 6.07 Å². The first-order valence-electron chi connectivity index (χ1n) is 6.91. The van der Waals surface area contributed by atoms with E-state index in [0.29, 0.717) is 25.2 Å². The molecule has 3 N–H and O–H groups in total. The lowest BCUT2D eigenvalue weighted by atomic mass is 10.0. The number of halogens is 1. The number of hydrogen-bond donors (Lipinski definition) is 2. The van der Waals surface area contributed by atoms with Crippen molar-refractivity contribution in [3.63, 3.8) is 0 Å². The molecule has 106 valence electrons. The number of rotatable bonds is 5. The van der Waals surface area contributed by atoms with Crippen molar-refractivity contribution >= 4 is 0 Å². The van der Waals surface area contributed by atoms with Gasteiger partial charge in [0.25, 0.3) is 0 Å². The zero-order chi connectivity index (χ0) is 13.9. The molecular weight excluding hydrogens is 243 g/mol. The van der Waals surface area contributed by atoms with E-state index in [1.165, 1.54) is 6.07 Å². The van der Waals surface area contributed by atoms with E-state index >= 15 is 0 Å². The summed E-state index contributed by atoms with van der Waals surface area (Å²) >= 11 is 0. The van der Waals surface area contributed by atoms with Crippen molar-refractivity contribution in [1.82, 2.24) is 4.90 Å². The zero-order valence-corrected chi connectivity index (χ0v) is 11.5. The number of aliphatic hydroxyl groups is 1. The molecule has 1 fully saturated rings. The van der Waals surface area contributed by atoms with E-state index < -0.39 is 5.60 Å². The van der Waals surface area contributed by atoms with Gasteiger partial charge in [0.15, 0.2) is 0 Å². The molecular formula is C15H23FN2O. The number of hydrogen-bond acceptors (Lipinski definition) is 3. The van der Waals surface area contributed by atoms with E-state index in [2.05, 4.69) is 0 Å². The van der Waals surface area contributed by atoms with Crippen molar-refractivity contribution in [3.8, 4) is 0 Å². The Balaban J connectivity index is 1.96. The van der Waals surface area contributed by atoms with Crippen molar-refractivity contribution in [2.75, 3.05) is 13.6 Å². The largest absolute Gasteiger partial charge is 0.389 e. The third kappa shape index (κ3) is 3.75. The van der Waals surface area contributed by atoms with E-state index in [4.69, 9.17) is 5.73 Å². The molecule has 0 aliphatic heterocycles. The van der Waals surface area contributed by atoms with Gasteiger partial charge in [0, 0.05) is 25.2 Å². The second-order valence-corrected chi connectivity index (χ2v) is 5.73. The molecule has 0 heterocycles. The highest BCUT2D eigenvalue weighted by Crippen LogP contribution is 2.30. The molecule has 0 bridgehead atoms. The number of benzene rings is 1. The topological polar surface area (TPSA) is 49.5 Å². The van der Waals surface area contributed by atoms with E-state index in [1.807, 2.05) is 18.0 Å². The third-order valence-corrected chi connectivity index (χ3v) is 3.89. The predicted octanol–water partition coefficient (Wildman–Crippen LogP) is 2.02. The summed E-state index contributed by atoms with van der Waals surface area (Å²) in [7, 11) is 1.92. The van der Waals surface area contributed by atoms with Crippen LogP contribution in [0.15, 0.2) is 18.2 Å². The van der Waals surface area contributed by atoms with Gasteiger partial charge in [0.1, 0.15) is 5.82 Å². The molecule has 1 aliphatic rings. The van der Waals surface area contributed by atoms with Gasteiger partial charge in [-0.25, -0.2) is 4.39 Å². The molecule has 0 radical (unpaired) electrons. The molecule has 1 aromatic rings. The molecule has 4 heteroatoms. The molecule has 0 atom stereocenters. The van der Waals surface area contributed by atoms with Crippen molar-refractivity contribution in [2.24, 2.45) is 5.73 Å². The highest BCUT2D eigenvalue weighted by Gasteiger charge is 2.32. The van der Waals surface area contributed by atoms with Gasteiger partial charge in [-0.05, 0) is 31.5 Å². The third-order valence-electron chi connectivity index (χ3n) is 3.89. The number of nitrogens with two attached hydrogens (primary N) is 1. The maximum atomic E-state index is 13.9. The molecule has 2 rings (SSSR count). The second-order valence-electron chi connectivity index (χ2n) is 5.73. The first-order valence-corrected chi connectivity index (χ1v) is 6.91. The van der Waals surface area contributed by atoms with Gasteiger partial charge in [-0.1, -0.05) is 25.0 Å². The predicted molar refractivity (Wildman–Crippen MR) is 74.0 cm³/mol. The molecule has 0 unspecified atom stereocenters. The van der Waals surface area contributed by atoms with Crippen molar-refractivity contribution < 1.29 is 9.50 Å². The SMILES string of the molecule is CN(Cc1ccc(CN)cc1F)CC1(O)CCCC1. The second kappa shape index (κ2) is 5.99. The van der Waals surface area contributed by atoms with Gasteiger partial charge in [-0.2, -0.15) is 0 Å². The van der Waals surface area contributed by atoms with Gasteiger partial charge < -0.3 is 10.8 Å². The normalized spacial score (nSPS) is 18.2. The molecule has 1 aliphatic carbocycles. The van der Waals surface area contributed by atoms with Crippen LogP contribution >= 0.6 is 0 Å². The molecule has 0 saturated heterocycles. The fourth-order valence-corrected chi connectivity index (χ4v) is 2.89. The van der Waals surface area contributed by atoms with Crippen LogP contribution < -0.4 is 5.73 Å². The van der Waals surface area contributed by atoms with Crippen LogP contribution in [0.3, 0.4) is 0 Å². The maximum absolute atomic E-state index is 13.9. The van der Waals surface area contributed by atoms with Gasteiger partial charge in [-0.3, -0.25) is 4.90 Å². The lowest BCUT2D eigenvalue weighted by Crippen LogP contribution is -2.38. The summed E-state index contributed by atoms with van der Waals surface area (Å²) in [6, 6.07) is 5.14. The Labute approximate surface area is 114 Å².